The lowest BCUT2D eigenvalue weighted by Crippen LogP contribution is -2.39. The molecule has 2 aromatic rings. The van der Waals surface area contributed by atoms with E-state index < -0.39 is 0 Å². The maximum absolute atomic E-state index is 5.39. The Morgan fingerprint density at radius 2 is 1.65 bits per heavy atom. The lowest BCUT2D eigenvalue weighted by atomic mass is 10.1. The number of hydrogen-bond donors (Lipinski definition) is 2. The van der Waals surface area contributed by atoms with Crippen LogP contribution in [-0.2, 0) is 0 Å². The molecule has 3 rings (SSSR count). The smallest absolute Gasteiger partial charge is 0.195 e. The zero-order valence-corrected chi connectivity index (χ0v) is 21.0. The van der Waals surface area contributed by atoms with E-state index in [9.17, 15) is 0 Å². The van der Waals surface area contributed by atoms with Gasteiger partial charge in [-0.05, 0) is 55.8 Å². The number of hydrogen-bond acceptors (Lipinski definition) is 5. The summed E-state index contributed by atoms with van der Waals surface area (Å²) in [5, 5.41) is 6.82. The van der Waals surface area contributed by atoms with Gasteiger partial charge in [-0.2, -0.15) is 0 Å². The van der Waals surface area contributed by atoms with Crippen LogP contribution in [0.3, 0.4) is 0 Å². The Morgan fingerprint density at radius 3 is 2.23 bits per heavy atom. The molecule has 0 bridgehead atoms. The Hall–Kier alpha value is -2.20. The molecule has 2 N–H and O–H groups in total. The van der Waals surface area contributed by atoms with Gasteiger partial charge in [0.05, 0.1) is 27.4 Å². The van der Waals surface area contributed by atoms with Gasteiger partial charge < -0.3 is 24.8 Å². The molecular weight excluding hydrogens is 507 g/mol. The number of likely N-dealkylation sites (tertiary alicyclic amines) is 1. The second-order valence-corrected chi connectivity index (χ2v) is 7.18. The number of halogens is 1. The van der Waals surface area contributed by atoms with Crippen LogP contribution in [0.25, 0.3) is 0 Å². The zero-order chi connectivity index (χ0) is 21.3. The first-order valence-corrected chi connectivity index (χ1v) is 10.3. The van der Waals surface area contributed by atoms with Gasteiger partial charge in [0, 0.05) is 25.3 Å². The van der Waals surface area contributed by atoms with Crippen LogP contribution in [0.4, 0.5) is 5.69 Å². The molecule has 0 saturated carbocycles. The SMILES string of the molecule is CN=C(NCC(c1ccc(OC)cc1)N1CCCC1)Nc1ccc(OC)c(OC)c1.I. The van der Waals surface area contributed by atoms with Gasteiger partial charge in [-0.25, -0.2) is 0 Å². The molecule has 1 saturated heterocycles. The Balaban J connectivity index is 0.00000341. The van der Waals surface area contributed by atoms with Crippen molar-refractivity contribution in [2.45, 2.75) is 18.9 Å². The number of nitrogens with zero attached hydrogens (tertiary/aromatic N) is 2. The minimum absolute atomic E-state index is 0. The maximum atomic E-state index is 5.39. The first-order valence-electron chi connectivity index (χ1n) is 10.3. The van der Waals surface area contributed by atoms with E-state index in [-0.39, 0.29) is 30.0 Å². The van der Waals surface area contributed by atoms with Gasteiger partial charge in [0.15, 0.2) is 17.5 Å². The van der Waals surface area contributed by atoms with Crippen LogP contribution in [-0.4, -0.2) is 58.9 Å². The summed E-state index contributed by atoms with van der Waals surface area (Å²) in [5.74, 6) is 2.95. The third-order valence-corrected chi connectivity index (χ3v) is 5.41. The Morgan fingerprint density at radius 1 is 0.968 bits per heavy atom. The van der Waals surface area contributed by atoms with Crippen molar-refractivity contribution in [2.75, 3.05) is 53.3 Å². The van der Waals surface area contributed by atoms with Gasteiger partial charge in [-0.3, -0.25) is 9.89 Å². The average molecular weight is 540 g/mol. The second kappa shape index (κ2) is 12.6. The first-order chi connectivity index (χ1) is 14.7. The predicted molar refractivity (Wildman–Crippen MR) is 136 cm³/mol. The number of ether oxygens (including phenoxy) is 3. The highest BCUT2D eigenvalue weighted by molar-refractivity contribution is 14.0. The Bertz CT molecular complexity index is 839. The lowest BCUT2D eigenvalue weighted by Gasteiger charge is -2.29. The van der Waals surface area contributed by atoms with E-state index in [4.69, 9.17) is 14.2 Å². The van der Waals surface area contributed by atoms with E-state index in [1.165, 1.54) is 18.4 Å². The summed E-state index contributed by atoms with van der Waals surface area (Å²) in [7, 11) is 6.72. The van der Waals surface area contributed by atoms with Crippen molar-refractivity contribution in [1.29, 1.82) is 0 Å². The largest absolute Gasteiger partial charge is 0.497 e. The fourth-order valence-corrected chi connectivity index (χ4v) is 3.76. The number of benzene rings is 2. The van der Waals surface area contributed by atoms with Gasteiger partial charge in [-0.1, -0.05) is 12.1 Å². The summed E-state index contributed by atoms with van der Waals surface area (Å²) in [6.45, 7) is 2.97. The van der Waals surface area contributed by atoms with Crippen LogP contribution in [0.2, 0.25) is 0 Å². The molecule has 170 valence electrons. The molecule has 2 aromatic carbocycles. The molecule has 8 heteroatoms. The summed E-state index contributed by atoms with van der Waals surface area (Å²) < 4.78 is 16.0. The van der Waals surface area contributed by atoms with E-state index in [2.05, 4.69) is 32.7 Å². The van der Waals surface area contributed by atoms with Gasteiger partial charge in [0.1, 0.15) is 5.75 Å². The van der Waals surface area contributed by atoms with Crippen LogP contribution in [0.15, 0.2) is 47.5 Å². The van der Waals surface area contributed by atoms with E-state index in [1.54, 1.807) is 28.4 Å². The summed E-state index contributed by atoms with van der Waals surface area (Å²) in [5.41, 5.74) is 2.15. The number of anilines is 1. The highest BCUT2D eigenvalue weighted by Crippen LogP contribution is 2.30. The Labute approximate surface area is 202 Å². The molecule has 1 aliphatic heterocycles. The molecule has 1 aliphatic rings. The van der Waals surface area contributed by atoms with Crippen LogP contribution >= 0.6 is 24.0 Å². The van der Waals surface area contributed by atoms with Crippen molar-refractivity contribution in [2.24, 2.45) is 4.99 Å². The quantitative estimate of drug-likeness (QED) is 0.298. The fourth-order valence-electron chi connectivity index (χ4n) is 3.76. The zero-order valence-electron chi connectivity index (χ0n) is 18.7. The van der Waals surface area contributed by atoms with Crippen molar-refractivity contribution in [3.05, 3.63) is 48.0 Å². The Kier molecular flexibility index (Phi) is 10.2. The van der Waals surface area contributed by atoms with Crippen molar-refractivity contribution in [3.8, 4) is 17.2 Å². The predicted octanol–water partition coefficient (Wildman–Crippen LogP) is 4.15. The second-order valence-electron chi connectivity index (χ2n) is 7.18. The van der Waals surface area contributed by atoms with E-state index in [1.807, 2.05) is 30.3 Å². The molecular formula is C23H33IN4O3. The normalized spacial score (nSPS) is 15.0. The molecule has 7 nitrogen and oxygen atoms in total. The lowest BCUT2D eigenvalue weighted by molar-refractivity contribution is 0.245. The van der Waals surface area contributed by atoms with Crippen LogP contribution < -0.4 is 24.8 Å². The molecule has 0 amide bonds. The first kappa shape index (κ1) is 25.1. The molecule has 31 heavy (non-hydrogen) atoms. The topological polar surface area (TPSA) is 67.4 Å². The van der Waals surface area contributed by atoms with Gasteiger partial charge in [0.25, 0.3) is 0 Å². The van der Waals surface area contributed by atoms with Crippen molar-refractivity contribution in [3.63, 3.8) is 0 Å². The van der Waals surface area contributed by atoms with E-state index >= 15 is 0 Å². The van der Waals surface area contributed by atoms with Crippen molar-refractivity contribution >= 4 is 35.6 Å². The molecule has 1 heterocycles. The number of rotatable bonds is 8. The highest BCUT2D eigenvalue weighted by atomic mass is 127. The molecule has 0 radical (unpaired) electrons. The minimum Gasteiger partial charge on any atom is -0.497 e. The van der Waals surface area contributed by atoms with Crippen molar-refractivity contribution in [1.82, 2.24) is 10.2 Å². The molecule has 0 aliphatic carbocycles. The molecule has 1 atom stereocenters. The third kappa shape index (κ3) is 6.64. The van der Waals surface area contributed by atoms with Crippen molar-refractivity contribution < 1.29 is 14.2 Å². The van der Waals surface area contributed by atoms with Gasteiger partial charge >= 0.3 is 0 Å². The third-order valence-electron chi connectivity index (χ3n) is 5.41. The molecule has 0 spiro atoms. The average Bonchev–Trinajstić information content (AvgIpc) is 3.33. The summed E-state index contributed by atoms with van der Waals surface area (Å²) in [6, 6.07) is 14.3. The summed E-state index contributed by atoms with van der Waals surface area (Å²) in [6.07, 6.45) is 2.48. The van der Waals surface area contributed by atoms with E-state index in [0.29, 0.717) is 17.5 Å². The molecule has 0 aromatic heterocycles. The number of methoxy groups -OCH3 is 3. The number of guanidine groups is 1. The van der Waals surface area contributed by atoms with Gasteiger partial charge in [-0.15, -0.1) is 24.0 Å². The van der Waals surface area contributed by atoms with Crippen LogP contribution in [0.5, 0.6) is 17.2 Å². The minimum atomic E-state index is 0. The standard InChI is InChI=1S/C23H32N4O3.HI/c1-24-23(26-18-9-12-21(29-3)22(15-18)30-4)25-16-20(27-13-5-6-14-27)17-7-10-19(28-2)11-8-17;/h7-12,15,20H,5-6,13-14,16H2,1-4H3,(H2,24,25,26);1H. The van der Waals surface area contributed by atoms with Crippen LogP contribution in [0.1, 0.15) is 24.4 Å². The molecule has 1 unspecified atom stereocenters. The summed E-state index contributed by atoms with van der Waals surface area (Å²) in [4.78, 5) is 6.91. The molecule has 1 fully saturated rings. The van der Waals surface area contributed by atoms with E-state index in [0.717, 1.165) is 31.1 Å². The van der Waals surface area contributed by atoms with Crippen LogP contribution in [0, 0.1) is 0 Å². The number of aliphatic imine (C=N–C) groups is 1. The fraction of sp³-hybridized carbons (Fsp3) is 0.435. The summed E-state index contributed by atoms with van der Waals surface area (Å²) >= 11 is 0. The number of nitrogens with one attached hydrogen (secondary N) is 2. The van der Waals surface area contributed by atoms with Gasteiger partial charge in [0.2, 0.25) is 0 Å². The highest BCUT2D eigenvalue weighted by Gasteiger charge is 2.23. The monoisotopic (exact) mass is 540 g/mol. The maximum Gasteiger partial charge on any atom is 0.195 e.